The number of ether oxygens (including phenoxy) is 1. The van der Waals surface area contributed by atoms with Crippen molar-refractivity contribution < 1.29 is 4.74 Å². The highest BCUT2D eigenvalue weighted by Gasteiger charge is 2.60. The van der Waals surface area contributed by atoms with Crippen molar-refractivity contribution in [3.05, 3.63) is 23.3 Å². The third-order valence-electron chi connectivity index (χ3n) is 3.23. The zero-order valence-electron chi connectivity index (χ0n) is 8.92. The van der Waals surface area contributed by atoms with Crippen molar-refractivity contribution in [2.24, 2.45) is 17.6 Å². The zero-order chi connectivity index (χ0) is 12.0. The minimum Gasteiger partial charge on any atom is -0.356 e. The number of hydrogen-bond donors (Lipinski definition) is 1. The smallest absolute Gasteiger partial charge is 0.141 e. The van der Waals surface area contributed by atoms with Crippen LogP contribution in [-0.2, 0) is 4.74 Å². The SMILES string of the molecule is CC1C(COC2(N)C=CC=C(Cl)C2)C1(Cl)Cl. The van der Waals surface area contributed by atoms with Crippen LogP contribution in [0.15, 0.2) is 23.3 Å². The van der Waals surface area contributed by atoms with Gasteiger partial charge in [0.15, 0.2) is 0 Å². The Bertz CT molecular complexity index is 353. The first kappa shape index (κ1) is 12.7. The lowest BCUT2D eigenvalue weighted by Gasteiger charge is -2.28. The van der Waals surface area contributed by atoms with E-state index in [1.807, 2.05) is 13.0 Å². The lowest BCUT2D eigenvalue weighted by molar-refractivity contribution is -0.0109. The van der Waals surface area contributed by atoms with Gasteiger partial charge in [0.25, 0.3) is 0 Å². The summed E-state index contributed by atoms with van der Waals surface area (Å²) in [5.74, 6) is 0.396. The van der Waals surface area contributed by atoms with Crippen LogP contribution in [0.1, 0.15) is 13.3 Å². The molecule has 90 valence electrons. The van der Waals surface area contributed by atoms with Gasteiger partial charge in [0, 0.05) is 17.4 Å². The molecular formula is C11H14Cl3NO. The van der Waals surface area contributed by atoms with Gasteiger partial charge in [-0.2, -0.15) is 0 Å². The van der Waals surface area contributed by atoms with Gasteiger partial charge in [0.2, 0.25) is 0 Å². The van der Waals surface area contributed by atoms with E-state index >= 15 is 0 Å². The fourth-order valence-corrected chi connectivity index (χ4v) is 2.82. The molecular weight excluding hydrogens is 268 g/mol. The third-order valence-corrected chi connectivity index (χ3v) is 4.74. The highest BCUT2D eigenvalue weighted by atomic mass is 35.5. The molecule has 0 amide bonds. The largest absolute Gasteiger partial charge is 0.356 e. The van der Waals surface area contributed by atoms with Gasteiger partial charge >= 0.3 is 0 Å². The van der Waals surface area contributed by atoms with Crippen LogP contribution in [0.3, 0.4) is 0 Å². The maximum atomic E-state index is 6.04. The number of alkyl halides is 2. The molecule has 3 unspecified atom stereocenters. The summed E-state index contributed by atoms with van der Waals surface area (Å²) in [7, 11) is 0. The maximum Gasteiger partial charge on any atom is 0.141 e. The van der Waals surface area contributed by atoms with E-state index in [0.717, 1.165) is 0 Å². The second-order valence-electron chi connectivity index (χ2n) is 4.49. The number of allylic oxidation sites excluding steroid dienone is 2. The van der Waals surface area contributed by atoms with Crippen molar-refractivity contribution in [3.8, 4) is 0 Å². The van der Waals surface area contributed by atoms with Crippen molar-refractivity contribution >= 4 is 34.8 Å². The summed E-state index contributed by atoms with van der Waals surface area (Å²) in [5, 5.41) is 0.692. The summed E-state index contributed by atoms with van der Waals surface area (Å²) in [5.41, 5.74) is 5.22. The summed E-state index contributed by atoms with van der Waals surface area (Å²) in [6, 6.07) is 0. The molecule has 0 aromatic heterocycles. The normalized spacial score (nSPS) is 40.7. The lowest BCUT2D eigenvalue weighted by Crippen LogP contribution is -2.42. The number of hydrogen-bond acceptors (Lipinski definition) is 2. The van der Waals surface area contributed by atoms with Gasteiger partial charge in [-0.3, -0.25) is 5.73 Å². The molecule has 5 heteroatoms. The average molecular weight is 283 g/mol. The Morgan fingerprint density at radius 3 is 2.69 bits per heavy atom. The summed E-state index contributed by atoms with van der Waals surface area (Å²) in [6.45, 7) is 2.46. The van der Waals surface area contributed by atoms with Crippen LogP contribution in [0.5, 0.6) is 0 Å². The number of halogens is 3. The van der Waals surface area contributed by atoms with Gasteiger partial charge < -0.3 is 4.74 Å². The molecule has 1 saturated carbocycles. The van der Waals surface area contributed by atoms with E-state index in [0.29, 0.717) is 18.1 Å². The minimum atomic E-state index is -0.821. The van der Waals surface area contributed by atoms with Crippen LogP contribution in [0.4, 0.5) is 0 Å². The fraction of sp³-hybridized carbons (Fsp3) is 0.636. The van der Waals surface area contributed by atoms with Crippen LogP contribution in [0, 0.1) is 11.8 Å². The summed E-state index contributed by atoms with van der Waals surface area (Å²) >= 11 is 18.0. The predicted octanol–water partition coefficient (Wildman–Crippen LogP) is 3.18. The van der Waals surface area contributed by atoms with Crippen LogP contribution in [-0.4, -0.2) is 16.7 Å². The van der Waals surface area contributed by atoms with Crippen molar-refractivity contribution in [3.63, 3.8) is 0 Å². The molecule has 0 radical (unpaired) electrons. The third kappa shape index (κ3) is 2.41. The predicted molar refractivity (Wildman–Crippen MR) is 67.7 cm³/mol. The second-order valence-corrected chi connectivity index (χ2v) is 6.41. The van der Waals surface area contributed by atoms with Gasteiger partial charge in [-0.1, -0.05) is 24.6 Å². The first-order valence-electron chi connectivity index (χ1n) is 5.20. The quantitative estimate of drug-likeness (QED) is 0.637. The molecule has 16 heavy (non-hydrogen) atoms. The van der Waals surface area contributed by atoms with Crippen LogP contribution >= 0.6 is 34.8 Å². The van der Waals surface area contributed by atoms with E-state index < -0.39 is 10.1 Å². The lowest BCUT2D eigenvalue weighted by atomic mass is 10.1. The first-order valence-corrected chi connectivity index (χ1v) is 6.33. The highest BCUT2D eigenvalue weighted by molar-refractivity contribution is 6.51. The Hall–Kier alpha value is 0.270. The Kier molecular flexibility index (Phi) is 3.32. The molecule has 0 heterocycles. The van der Waals surface area contributed by atoms with Crippen molar-refractivity contribution in [2.45, 2.75) is 23.4 Å². The van der Waals surface area contributed by atoms with Gasteiger partial charge in [-0.15, -0.1) is 23.2 Å². The van der Waals surface area contributed by atoms with Gasteiger partial charge in [-0.25, -0.2) is 0 Å². The van der Waals surface area contributed by atoms with E-state index in [1.54, 1.807) is 12.2 Å². The zero-order valence-corrected chi connectivity index (χ0v) is 11.2. The summed E-state index contributed by atoms with van der Waals surface area (Å²) in [4.78, 5) is 0. The Morgan fingerprint density at radius 2 is 2.19 bits per heavy atom. The first-order chi connectivity index (χ1) is 7.35. The molecule has 0 spiro atoms. The molecule has 0 saturated heterocycles. The summed E-state index contributed by atoms with van der Waals surface area (Å²) < 4.78 is 5.01. The average Bonchev–Trinajstić information content (AvgIpc) is 2.63. The molecule has 0 aliphatic heterocycles. The highest BCUT2D eigenvalue weighted by Crippen LogP contribution is 2.59. The molecule has 2 aliphatic carbocycles. The van der Waals surface area contributed by atoms with E-state index in [4.69, 9.17) is 45.3 Å². The Labute approximate surface area is 110 Å². The Balaban J connectivity index is 1.88. The second kappa shape index (κ2) is 4.18. The van der Waals surface area contributed by atoms with Gasteiger partial charge in [0.05, 0.1) is 6.61 Å². The van der Waals surface area contributed by atoms with Crippen molar-refractivity contribution in [1.82, 2.24) is 0 Å². The molecule has 2 nitrogen and oxygen atoms in total. The standard InChI is InChI=1S/C11H14Cl3NO/c1-7-9(11(7,13)14)6-16-10(15)4-2-3-8(12)5-10/h2-4,7,9H,5-6,15H2,1H3. The summed E-state index contributed by atoms with van der Waals surface area (Å²) in [6.07, 6.45) is 5.90. The molecule has 0 aromatic rings. The number of rotatable bonds is 3. The van der Waals surface area contributed by atoms with Crippen LogP contribution < -0.4 is 5.73 Å². The van der Waals surface area contributed by atoms with Crippen LogP contribution in [0.2, 0.25) is 0 Å². The number of nitrogens with two attached hydrogens (primary N) is 1. The van der Waals surface area contributed by atoms with Crippen LogP contribution in [0.25, 0.3) is 0 Å². The molecule has 0 aromatic carbocycles. The molecule has 0 bridgehead atoms. The minimum absolute atomic E-state index is 0.148. The van der Waals surface area contributed by atoms with Gasteiger partial charge in [0.1, 0.15) is 10.1 Å². The Morgan fingerprint density at radius 1 is 1.56 bits per heavy atom. The topological polar surface area (TPSA) is 35.2 Å². The van der Waals surface area contributed by atoms with E-state index in [2.05, 4.69) is 0 Å². The van der Waals surface area contributed by atoms with E-state index in [-0.39, 0.29) is 11.8 Å². The van der Waals surface area contributed by atoms with Gasteiger partial charge in [-0.05, 0) is 18.1 Å². The maximum absolute atomic E-state index is 6.04. The molecule has 3 atom stereocenters. The molecule has 1 fully saturated rings. The van der Waals surface area contributed by atoms with Crippen molar-refractivity contribution in [1.29, 1.82) is 0 Å². The van der Waals surface area contributed by atoms with E-state index in [9.17, 15) is 0 Å². The van der Waals surface area contributed by atoms with E-state index in [1.165, 1.54) is 0 Å². The molecule has 2 aliphatic rings. The molecule has 2 N–H and O–H groups in total. The molecule has 2 rings (SSSR count). The monoisotopic (exact) mass is 281 g/mol. The van der Waals surface area contributed by atoms with Crippen molar-refractivity contribution in [2.75, 3.05) is 6.61 Å². The fourth-order valence-electron chi connectivity index (χ4n) is 1.86.